The highest BCUT2D eigenvalue weighted by atomic mass is 16.5. The standard InChI is InChI=1S/C28H35N3O4/c32-26-25(21-34-20-23-10-5-2-6-11-23)29-27(33)28(31(26)19-24-12-7-17-35-24)13-15-30(16-14-28)18-22-8-3-1-4-9-22/h1-6,8-11,24-25H,7,12-21H2,(H,29,33). The van der Waals surface area contributed by atoms with E-state index in [-0.39, 0.29) is 24.5 Å². The summed E-state index contributed by atoms with van der Waals surface area (Å²) in [5.41, 5.74) is 1.49. The number of benzene rings is 2. The Labute approximate surface area is 207 Å². The van der Waals surface area contributed by atoms with E-state index in [1.165, 1.54) is 5.56 Å². The summed E-state index contributed by atoms with van der Waals surface area (Å²) in [4.78, 5) is 31.5. The van der Waals surface area contributed by atoms with E-state index in [0.717, 1.165) is 44.6 Å². The summed E-state index contributed by atoms with van der Waals surface area (Å²) in [6.45, 7) is 4.16. The lowest BCUT2D eigenvalue weighted by Gasteiger charge is -2.52. The smallest absolute Gasteiger partial charge is 0.248 e. The van der Waals surface area contributed by atoms with Crippen LogP contribution in [0.3, 0.4) is 0 Å². The number of likely N-dealkylation sites (tertiary alicyclic amines) is 1. The van der Waals surface area contributed by atoms with Crippen LogP contribution in [0.25, 0.3) is 0 Å². The molecule has 0 aromatic heterocycles. The topological polar surface area (TPSA) is 71.1 Å². The van der Waals surface area contributed by atoms with Gasteiger partial charge in [0.05, 0.1) is 19.3 Å². The zero-order valence-electron chi connectivity index (χ0n) is 20.2. The molecule has 1 spiro atoms. The van der Waals surface area contributed by atoms with Crippen molar-refractivity contribution >= 4 is 11.8 Å². The number of piperidine rings is 1. The van der Waals surface area contributed by atoms with Crippen LogP contribution < -0.4 is 5.32 Å². The minimum atomic E-state index is -0.813. The third-order valence-electron chi connectivity index (χ3n) is 7.55. The van der Waals surface area contributed by atoms with Gasteiger partial charge in [-0.25, -0.2) is 0 Å². The molecule has 0 aliphatic carbocycles. The summed E-state index contributed by atoms with van der Waals surface area (Å²) in [7, 11) is 0. The SMILES string of the molecule is O=C1C(COCc2ccccc2)NC(=O)C2(CCN(Cc3ccccc3)CC2)N1CC1CCCO1. The maximum absolute atomic E-state index is 13.7. The molecule has 2 atom stereocenters. The number of amides is 2. The van der Waals surface area contributed by atoms with E-state index < -0.39 is 11.6 Å². The quantitative estimate of drug-likeness (QED) is 0.633. The Morgan fingerprint density at radius 2 is 1.66 bits per heavy atom. The summed E-state index contributed by atoms with van der Waals surface area (Å²) in [6.07, 6.45) is 3.18. The lowest BCUT2D eigenvalue weighted by Crippen LogP contribution is -2.74. The molecule has 0 saturated carbocycles. The molecule has 7 heteroatoms. The number of carbonyl (C=O) groups excluding carboxylic acids is 2. The third kappa shape index (κ3) is 5.42. The Morgan fingerprint density at radius 1 is 0.971 bits per heavy atom. The van der Waals surface area contributed by atoms with E-state index in [1.54, 1.807) is 0 Å². The second-order valence-corrected chi connectivity index (χ2v) is 9.90. The minimum absolute atomic E-state index is 0.00467. The molecule has 35 heavy (non-hydrogen) atoms. The van der Waals surface area contributed by atoms with Crippen molar-refractivity contribution in [1.29, 1.82) is 0 Å². The van der Waals surface area contributed by atoms with Gasteiger partial charge in [0.25, 0.3) is 0 Å². The van der Waals surface area contributed by atoms with E-state index in [1.807, 2.05) is 41.3 Å². The van der Waals surface area contributed by atoms with Gasteiger partial charge < -0.3 is 19.7 Å². The van der Waals surface area contributed by atoms with E-state index in [2.05, 4.69) is 34.5 Å². The van der Waals surface area contributed by atoms with Gasteiger partial charge in [-0.3, -0.25) is 14.5 Å². The van der Waals surface area contributed by atoms with Crippen molar-refractivity contribution in [2.75, 3.05) is 32.8 Å². The molecule has 3 aliphatic rings. The number of nitrogens with zero attached hydrogens (tertiary/aromatic N) is 2. The first-order valence-corrected chi connectivity index (χ1v) is 12.8. The fourth-order valence-corrected chi connectivity index (χ4v) is 5.53. The molecule has 1 N–H and O–H groups in total. The molecule has 5 rings (SSSR count). The van der Waals surface area contributed by atoms with Gasteiger partial charge in [-0.05, 0) is 36.8 Å². The van der Waals surface area contributed by atoms with Crippen LogP contribution >= 0.6 is 0 Å². The average Bonchev–Trinajstić information content (AvgIpc) is 3.41. The largest absolute Gasteiger partial charge is 0.376 e. The van der Waals surface area contributed by atoms with Gasteiger partial charge in [0.2, 0.25) is 11.8 Å². The van der Waals surface area contributed by atoms with Gasteiger partial charge in [-0.1, -0.05) is 60.7 Å². The number of carbonyl (C=O) groups is 2. The van der Waals surface area contributed by atoms with Crippen molar-refractivity contribution in [3.63, 3.8) is 0 Å². The van der Waals surface area contributed by atoms with Crippen molar-refractivity contribution in [2.24, 2.45) is 0 Å². The summed E-state index contributed by atoms with van der Waals surface area (Å²) in [5, 5.41) is 3.02. The van der Waals surface area contributed by atoms with E-state index in [9.17, 15) is 9.59 Å². The zero-order chi connectivity index (χ0) is 24.1. The van der Waals surface area contributed by atoms with Gasteiger partial charge in [-0.2, -0.15) is 0 Å². The fraction of sp³-hybridized carbons (Fsp3) is 0.500. The maximum atomic E-state index is 13.7. The number of hydrogen-bond donors (Lipinski definition) is 1. The molecule has 2 unspecified atom stereocenters. The zero-order valence-corrected chi connectivity index (χ0v) is 20.2. The Balaban J connectivity index is 1.27. The highest BCUT2D eigenvalue weighted by Crippen LogP contribution is 2.34. The number of piperazine rings is 1. The minimum Gasteiger partial charge on any atom is -0.376 e. The van der Waals surface area contributed by atoms with Crippen LogP contribution in [0.15, 0.2) is 60.7 Å². The Bertz CT molecular complexity index is 986. The van der Waals surface area contributed by atoms with Crippen LogP contribution in [-0.4, -0.2) is 72.1 Å². The highest BCUT2D eigenvalue weighted by Gasteiger charge is 2.54. The highest BCUT2D eigenvalue weighted by molar-refractivity contribution is 6.00. The number of rotatable bonds is 8. The van der Waals surface area contributed by atoms with Crippen LogP contribution in [0.2, 0.25) is 0 Å². The first kappa shape index (κ1) is 24.0. The first-order valence-electron chi connectivity index (χ1n) is 12.8. The van der Waals surface area contributed by atoms with Crippen LogP contribution in [0.5, 0.6) is 0 Å². The summed E-state index contributed by atoms with van der Waals surface area (Å²) < 4.78 is 11.7. The Hall–Kier alpha value is -2.74. The van der Waals surface area contributed by atoms with Crippen molar-refractivity contribution < 1.29 is 19.1 Å². The second-order valence-electron chi connectivity index (χ2n) is 9.90. The molecule has 7 nitrogen and oxygen atoms in total. The number of ether oxygens (including phenoxy) is 2. The fourth-order valence-electron chi connectivity index (χ4n) is 5.53. The third-order valence-corrected chi connectivity index (χ3v) is 7.55. The normalized spacial score (nSPS) is 24.6. The van der Waals surface area contributed by atoms with Crippen molar-refractivity contribution in [3.8, 4) is 0 Å². The average molecular weight is 478 g/mol. The molecule has 2 aromatic carbocycles. The van der Waals surface area contributed by atoms with Crippen LogP contribution in [0.1, 0.15) is 36.8 Å². The van der Waals surface area contributed by atoms with E-state index >= 15 is 0 Å². The van der Waals surface area contributed by atoms with Gasteiger partial charge in [-0.15, -0.1) is 0 Å². The Kier molecular flexibility index (Phi) is 7.46. The van der Waals surface area contributed by atoms with Crippen LogP contribution in [0, 0.1) is 0 Å². The molecule has 0 radical (unpaired) electrons. The van der Waals surface area contributed by atoms with Crippen LogP contribution in [-0.2, 0) is 32.2 Å². The van der Waals surface area contributed by atoms with Crippen LogP contribution in [0.4, 0.5) is 0 Å². The second kappa shape index (κ2) is 10.9. The molecule has 3 heterocycles. The molecule has 186 valence electrons. The van der Waals surface area contributed by atoms with E-state index in [4.69, 9.17) is 9.47 Å². The molecular formula is C28H35N3O4. The molecule has 0 bridgehead atoms. The lowest BCUT2D eigenvalue weighted by molar-refractivity contribution is -0.165. The van der Waals surface area contributed by atoms with Gasteiger partial charge in [0.15, 0.2) is 0 Å². The van der Waals surface area contributed by atoms with Crippen molar-refractivity contribution in [1.82, 2.24) is 15.1 Å². The first-order chi connectivity index (χ1) is 17.1. The number of hydrogen-bond acceptors (Lipinski definition) is 5. The van der Waals surface area contributed by atoms with E-state index in [0.29, 0.717) is 26.0 Å². The summed E-state index contributed by atoms with van der Waals surface area (Å²) >= 11 is 0. The predicted molar refractivity (Wildman–Crippen MR) is 132 cm³/mol. The lowest BCUT2D eigenvalue weighted by atomic mass is 9.81. The molecule has 3 fully saturated rings. The molecule has 2 aromatic rings. The van der Waals surface area contributed by atoms with Crippen molar-refractivity contribution in [3.05, 3.63) is 71.8 Å². The summed E-state index contributed by atoms with van der Waals surface area (Å²) in [6, 6.07) is 19.6. The summed E-state index contributed by atoms with van der Waals surface area (Å²) in [5.74, 6) is -0.104. The predicted octanol–water partition coefficient (Wildman–Crippen LogP) is 2.74. The van der Waals surface area contributed by atoms with Gasteiger partial charge in [0, 0.05) is 32.8 Å². The monoisotopic (exact) mass is 477 g/mol. The molecule has 3 aliphatic heterocycles. The van der Waals surface area contributed by atoms with Crippen molar-refractivity contribution in [2.45, 2.75) is 56.5 Å². The molecular weight excluding hydrogens is 442 g/mol. The van der Waals surface area contributed by atoms with Gasteiger partial charge >= 0.3 is 0 Å². The van der Waals surface area contributed by atoms with Gasteiger partial charge in [0.1, 0.15) is 11.6 Å². The molecule has 3 saturated heterocycles. The maximum Gasteiger partial charge on any atom is 0.248 e. The Morgan fingerprint density at radius 3 is 2.31 bits per heavy atom. The molecule has 2 amide bonds. The number of nitrogens with one attached hydrogen (secondary N) is 1.